The number of rotatable bonds is 4. The Bertz CT molecular complexity index is 461. The SMILES string of the molecule is CC(CNCC(=O)N1CCc2sccc2C1)C(C)(C)C. The van der Waals surface area contributed by atoms with Crippen LogP contribution in [0.15, 0.2) is 11.4 Å². The number of nitrogens with zero attached hydrogens (tertiary/aromatic N) is 1. The summed E-state index contributed by atoms with van der Waals surface area (Å²) in [6, 6.07) is 2.15. The molecule has 2 heterocycles. The van der Waals surface area contributed by atoms with Crippen LogP contribution >= 0.6 is 11.3 Å². The minimum absolute atomic E-state index is 0.225. The Hall–Kier alpha value is -0.870. The van der Waals surface area contributed by atoms with E-state index in [1.807, 2.05) is 16.2 Å². The molecule has 0 spiro atoms. The Morgan fingerprint density at radius 1 is 1.50 bits per heavy atom. The van der Waals surface area contributed by atoms with Gasteiger partial charge >= 0.3 is 0 Å². The maximum atomic E-state index is 12.2. The van der Waals surface area contributed by atoms with Crippen LogP contribution in [-0.2, 0) is 17.8 Å². The number of thiophene rings is 1. The fourth-order valence-corrected chi connectivity index (χ4v) is 3.16. The number of hydrogen-bond acceptors (Lipinski definition) is 3. The lowest BCUT2D eigenvalue weighted by molar-refractivity contribution is -0.131. The Kier molecular flexibility index (Phi) is 4.86. The van der Waals surface area contributed by atoms with Crippen LogP contribution in [0, 0.1) is 11.3 Å². The maximum absolute atomic E-state index is 12.2. The van der Waals surface area contributed by atoms with Gasteiger partial charge in [0.1, 0.15) is 0 Å². The zero-order chi connectivity index (χ0) is 14.8. The van der Waals surface area contributed by atoms with Crippen LogP contribution in [0.4, 0.5) is 0 Å². The van der Waals surface area contributed by atoms with E-state index in [0.717, 1.165) is 26.1 Å². The van der Waals surface area contributed by atoms with Gasteiger partial charge in [-0.25, -0.2) is 0 Å². The predicted molar refractivity (Wildman–Crippen MR) is 84.9 cm³/mol. The van der Waals surface area contributed by atoms with Crippen molar-refractivity contribution in [2.24, 2.45) is 11.3 Å². The van der Waals surface area contributed by atoms with Gasteiger partial charge in [0.15, 0.2) is 0 Å². The van der Waals surface area contributed by atoms with Crippen molar-refractivity contribution < 1.29 is 4.79 Å². The average molecular weight is 294 g/mol. The summed E-state index contributed by atoms with van der Waals surface area (Å²) in [6.07, 6.45) is 1.01. The highest BCUT2D eigenvalue weighted by Crippen LogP contribution is 2.25. The lowest BCUT2D eigenvalue weighted by Crippen LogP contribution is -2.42. The average Bonchev–Trinajstić information content (AvgIpc) is 2.84. The second-order valence-corrected chi connectivity index (χ2v) is 7.83. The monoisotopic (exact) mass is 294 g/mol. The molecular formula is C16H26N2OS. The summed E-state index contributed by atoms with van der Waals surface area (Å²) in [7, 11) is 0. The van der Waals surface area contributed by atoms with Crippen molar-refractivity contribution in [1.29, 1.82) is 0 Å². The molecule has 3 nitrogen and oxygen atoms in total. The van der Waals surface area contributed by atoms with Crippen molar-refractivity contribution in [2.45, 2.75) is 40.7 Å². The highest BCUT2D eigenvalue weighted by Gasteiger charge is 2.22. The van der Waals surface area contributed by atoms with E-state index in [1.54, 1.807) is 0 Å². The van der Waals surface area contributed by atoms with Crippen molar-refractivity contribution >= 4 is 17.2 Å². The molecule has 1 aromatic heterocycles. The molecule has 0 bridgehead atoms. The molecule has 1 N–H and O–H groups in total. The van der Waals surface area contributed by atoms with Gasteiger partial charge in [-0.3, -0.25) is 4.79 Å². The molecule has 112 valence electrons. The number of amides is 1. The molecule has 1 amide bonds. The second-order valence-electron chi connectivity index (χ2n) is 6.83. The van der Waals surface area contributed by atoms with Gasteiger partial charge in [-0.05, 0) is 41.3 Å². The van der Waals surface area contributed by atoms with Crippen molar-refractivity contribution in [3.05, 3.63) is 21.9 Å². The summed E-state index contributed by atoms with van der Waals surface area (Å²) >= 11 is 1.81. The predicted octanol–water partition coefficient (Wildman–Crippen LogP) is 2.90. The highest BCUT2D eigenvalue weighted by atomic mass is 32.1. The zero-order valence-electron chi connectivity index (χ0n) is 13.0. The van der Waals surface area contributed by atoms with Crippen molar-refractivity contribution in [2.75, 3.05) is 19.6 Å². The number of fused-ring (bicyclic) bond motifs is 1. The van der Waals surface area contributed by atoms with Crippen molar-refractivity contribution in [3.63, 3.8) is 0 Å². The van der Waals surface area contributed by atoms with Crippen LogP contribution in [0.1, 0.15) is 38.1 Å². The first-order valence-electron chi connectivity index (χ1n) is 7.41. The highest BCUT2D eigenvalue weighted by molar-refractivity contribution is 7.10. The Morgan fingerprint density at radius 3 is 2.95 bits per heavy atom. The molecule has 0 radical (unpaired) electrons. The van der Waals surface area contributed by atoms with E-state index in [0.29, 0.717) is 12.5 Å². The molecule has 2 rings (SSSR count). The summed E-state index contributed by atoms with van der Waals surface area (Å²) in [5.41, 5.74) is 1.62. The minimum Gasteiger partial charge on any atom is -0.337 e. The van der Waals surface area contributed by atoms with E-state index in [1.165, 1.54) is 10.4 Å². The smallest absolute Gasteiger partial charge is 0.236 e. The van der Waals surface area contributed by atoms with Crippen LogP contribution in [-0.4, -0.2) is 30.4 Å². The zero-order valence-corrected chi connectivity index (χ0v) is 13.8. The number of carbonyl (C=O) groups is 1. The molecule has 0 aromatic carbocycles. The van der Waals surface area contributed by atoms with Crippen LogP contribution in [0.2, 0.25) is 0 Å². The third kappa shape index (κ3) is 3.83. The standard InChI is InChI=1S/C16H26N2OS/c1-12(16(2,3)4)9-17-10-15(19)18-7-5-14-13(11-18)6-8-20-14/h6,8,12,17H,5,7,9-11H2,1-4H3. The molecule has 4 heteroatoms. The molecular weight excluding hydrogens is 268 g/mol. The van der Waals surface area contributed by atoms with Gasteiger partial charge in [-0.1, -0.05) is 27.7 Å². The van der Waals surface area contributed by atoms with E-state index >= 15 is 0 Å². The van der Waals surface area contributed by atoms with Crippen LogP contribution in [0.25, 0.3) is 0 Å². The van der Waals surface area contributed by atoms with E-state index in [9.17, 15) is 4.79 Å². The molecule has 1 aromatic rings. The van der Waals surface area contributed by atoms with Crippen LogP contribution in [0.3, 0.4) is 0 Å². The summed E-state index contributed by atoms with van der Waals surface area (Å²) in [6.45, 7) is 12.0. The summed E-state index contributed by atoms with van der Waals surface area (Å²) < 4.78 is 0. The topological polar surface area (TPSA) is 32.3 Å². The van der Waals surface area contributed by atoms with Gasteiger partial charge in [0.05, 0.1) is 6.54 Å². The number of hydrogen-bond donors (Lipinski definition) is 1. The van der Waals surface area contributed by atoms with Gasteiger partial charge in [0.2, 0.25) is 5.91 Å². The van der Waals surface area contributed by atoms with Gasteiger partial charge in [-0.15, -0.1) is 11.3 Å². The normalized spacial score (nSPS) is 16.9. The van der Waals surface area contributed by atoms with E-state index in [-0.39, 0.29) is 11.3 Å². The maximum Gasteiger partial charge on any atom is 0.236 e. The first kappa shape index (κ1) is 15.5. The first-order chi connectivity index (χ1) is 9.38. The summed E-state index contributed by atoms with van der Waals surface area (Å²) in [5, 5.41) is 5.44. The van der Waals surface area contributed by atoms with E-state index in [4.69, 9.17) is 0 Å². The molecule has 0 saturated heterocycles. The van der Waals surface area contributed by atoms with Crippen LogP contribution < -0.4 is 5.32 Å². The second kappa shape index (κ2) is 6.27. The molecule has 0 saturated carbocycles. The van der Waals surface area contributed by atoms with Crippen molar-refractivity contribution in [3.8, 4) is 0 Å². The fraction of sp³-hybridized carbons (Fsp3) is 0.688. The summed E-state index contributed by atoms with van der Waals surface area (Å²) in [5.74, 6) is 0.781. The lowest BCUT2D eigenvalue weighted by Gasteiger charge is -2.29. The Balaban J connectivity index is 1.76. The molecule has 1 aliphatic rings. The van der Waals surface area contributed by atoms with Gasteiger partial charge in [0, 0.05) is 18.0 Å². The molecule has 1 unspecified atom stereocenters. The third-order valence-corrected chi connectivity index (χ3v) is 5.39. The van der Waals surface area contributed by atoms with Crippen LogP contribution in [0.5, 0.6) is 0 Å². The fourth-order valence-electron chi connectivity index (χ4n) is 2.27. The van der Waals surface area contributed by atoms with Gasteiger partial charge in [-0.2, -0.15) is 0 Å². The lowest BCUT2D eigenvalue weighted by atomic mass is 9.82. The van der Waals surface area contributed by atoms with Gasteiger partial charge < -0.3 is 10.2 Å². The quantitative estimate of drug-likeness (QED) is 0.926. The molecule has 0 fully saturated rings. The van der Waals surface area contributed by atoms with E-state index < -0.39 is 0 Å². The summed E-state index contributed by atoms with van der Waals surface area (Å²) in [4.78, 5) is 15.7. The third-order valence-electron chi connectivity index (χ3n) is 4.37. The Labute approximate surface area is 126 Å². The molecule has 1 aliphatic heterocycles. The number of carbonyl (C=O) groups excluding carboxylic acids is 1. The van der Waals surface area contributed by atoms with Gasteiger partial charge in [0.25, 0.3) is 0 Å². The molecule has 1 atom stereocenters. The molecule has 20 heavy (non-hydrogen) atoms. The minimum atomic E-state index is 0.225. The molecule has 0 aliphatic carbocycles. The Morgan fingerprint density at radius 2 is 2.25 bits per heavy atom. The first-order valence-corrected chi connectivity index (χ1v) is 8.29. The largest absolute Gasteiger partial charge is 0.337 e. The van der Waals surface area contributed by atoms with E-state index in [2.05, 4.69) is 44.5 Å². The van der Waals surface area contributed by atoms with Crippen molar-refractivity contribution in [1.82, 2.24) is 10.2 Å². The number of nitrogens with one attached hydrogen (secondary N) is 1.